The van der Waals surface area contributed by atoms with Crippen LogP contribution in [0, 0.1) is 0 Å². The predicted octanol–water partition coefficient (Wildman–Crippen LogP) is 10.8. The van der Waals surface area contributed by atoms with Gasteiger partial charge in [-0.3, -0.25) is 23.2 Å². The maximum absolute atomic E-state index is 12.9. The Morgan fingerprint density at radius 2 is 1.24 bits per heavy atom. The molecule has 0 amide bonds. The van der Waals surface area contributed by atoms with Crippen LogP contribution in [0.3, 0.4) is 0 Å². The maximum Gasteiger partial charge on any atom is 0.481 e. The number of hydrogen-bond acceptors (Lipinski definition) is 16. The molecular weight excluding hydrogens is 1020 g/mol. The highest BCUT2D eigenvalue weighted by Gasteiger charge is 2.46. The third-order valence-electron chi connectivity index (χ3n) is 11.8. The molecule has 0 bridgehead atoms. The van der Waals surface area contributed by atoms with E-state index < -0.39 is 89.8 Å². The molecule has 7 N–H and O–H groups in total. The van der Waals surface area contributed by atoms with Crippen molar-refractivity contribution < 1.29 is 71.4 Å². The predicted molar refractivity (Wildman–Crippen MR) is 294 cm³/mol. The zero-order valence-electron chi connectivity index (χ0n) is 44.9. The molecule has 76 heavy (non-hydrogen) atoms. The van der Waals surface area contributed by atoms with Crippen molar-refractivity contribution in [1.29, 1.82) is 0 Å². The van der Waals surface area contributed by atoms with Crippen LogP contribution in [0.2, 0.25) is 0 Å². The highest BCUT2D eigenvalue weighted by atomic mass is 31.3. The molecule has 1 aromatic heterocycles. The Balaban J connectivity index is 1.83. The third-order valence-corrected chi connectivity index (χ3v) is 14.4. The number of nitrogens with two attached hydrogens (primary N) is 1. The lowest BCUT2D eigenvalue weighted by Gasteiger charge is -2.21. The first kappa shape index (κ1) is 68.0. The number of phosphoric acid groups is 2. The van der Waals surface area contributed by atoms with Crippen molar-refractivity contribution in [2.45, 2.75) is 205 Å². The van der Waals surface area contributed by atoms with E-state index in [2.05, 4.69) is 65.7 Å². The topological polar surface area (TPSA) is 286 Å². The monoisotopic (exact) mass is 1110 g/mol. The molecule has 21 heteroatoms. The average Bonchev–Trinajstić information content (AvgIpc) is 3.66. The van der Waals surface area contributed by atoms with Gasteiger partial charge in [0.15, 0.2) is 12.3 Å². The van der Waals surface area contributed by atoms with Crippen molar-refractivity contribution in [3.63, 3.8) is 0 Å². The van der Waals surface area contributed by atoms with E-state index in [1.54, 1.807) is 12.2 Å². The zero-order valence-corrected chi connectivity index (χ0v) is 46.7. The number of phosphoric ester groups is 2. The SMILES string of the molecule is CCCCC/C=C\C[C@@H](O)/C=C/C=C\C/C=C\CCCC(=O)OC[C@H](COP(=O)(O)OP(=O)(O)OC[C@H]1O[C@@H](n2ccc(N)nc2=O)[C@H](O)[C@@H]1O)OC(=O)CCCCCCCC/C=C\C/C=C\C/C=C\CCCCCC. The minimum absolute atomic E-state index is 0.00710. The summed E-state index contributed by atoms with van der Waals surface area (Å²) in [6.07, 6.45) is 42.5. The number of aromatic nitrogens is 2. The molecule has 1 fully saturated rings. The summed E-state index contributed by atoms with van der Waals surface area (Å²) in [6.45, 7) is 1.97. The van der Waals surface area contributed by atoms with E-state index in [9.17, 15) is 48.6 Å². The first-order valence-electron chi connectivity index (χ1n) is 27.2. The number of nitrogens with zero attached hydrogens (tertiary/aromatic N) is 2. The van der Waals surface area contributed by atoms with Gasteiger partial charge in [0.2, 0.25) is 0 Å². The first-order valence-corrected chi connectivity index (χ1v) is 30.2. The molecule has 2 rings (SSSR count). The second kappa shape index (κ2) is 41.9. The fourth-order valence-electron chi connectivity index (χ4n) is 7.51. The Labute approximate surface area is 450 Å². The van der Waals surface area contributed by atoms with E-state index in [4.69, 9.17) is 29.0 Å². The standard InChI is InChI=1S/C55H89N3O16P2/c1-3-5-7-9-11-12-13-14-15-16-17-18-19-20-21-22-23-28-32-36-40-51(61)72-47(43-69-50(60)39-35-31-27-25-24-26-30-34-38-46(59)37-33-29-10-8-6-4-2)44-70-75(65,66)74-76(67,68)71-45-48-52(62)53(63)54(73-48)58-42-41-49(56)57-55(58)64/h12-13,15-16,18-19,25-27,29-30,33-34,38,41-42,46-48,52-54,59,62-63H,3-11,14,17,20-24,28,31-32,35-37,39-40,43-45H2,1-2H3,(H,65,66)(H,67,68)(H2,56,57,64)/b13-12-,16-15-,19-18-,27-25-,30-26-,33-29-,38-34+/t46-,47-,48-,52-,53-,54-/m1/s1. The van der Waals surface area contributed by atoms with Crippen molar-refractivity contribution in [1.82, 2.24) is 9.55 Å². The van der Waals surface area contributed by atoms with Crippen molar-refractivity contribution in [2.24, 2.45) is 0 Å². The summed E-state index contributed by atoms with van der Waals surface area (Å²) in [5.74, 6) is -1.43. The molecule has 1 aromatic rings. The van der Waals surface area contributed by atoms with Gasteiger partial charge in [0.05, 0.1) is 19.3 Å². The van der Waals surface area contributed by atoms with Crippen LogP contribution in [-0.2, 0) is 46.3 Å². The van der Waals surface area contributed by atoms with Gasteiger partial charge >= 0.3 is 33.3 Å². The number of aliphatic hydroxyl groups is 3. The maximum atomic E-state index is 12.9. The van der Waals surface area contributed by atoms with Gasteiger partial charge in [0, 0.05) is 19.0 Å². The molecule has 1 saturated heterocycles. The number of ether oxygens (including phenoxy) is 3. The average molecular weight is 1110 g/mol. The van der Waals surface area contributed by atoms with Crippen LogP contribution in [0.5, 0.6) is 0 Å². The van der Waals surface area contributed by atoms with Gasteiger partial charge in [0.1, 0.15) is 30.7 Å². The number of carbonyl (C=O) groups excluding carboxylic acids is 2. The van der Waals surface area contributed by atoms with E-state index in [-0.39, 0.29) is 18.7 Å². The van der Waals surface area contributed by atoms with Gasteiger partial charge < -0.3 is 45.1 Å². The van der Waals surface area contributed by atoms with E-state index in [1.165, 1.54) is 44.6 Å². The number of esters is 2. The Kier molecular flexibility index (Phi) is 37.5. The molecule has 1 aliphatic rings. The third kappa shape index (κ3) is 33.9. The van der Waals surface area contributed by atoms with Gasteiger partial charge in [-0.15, -0.1) is 0 Å². The molecule has 1 aliphatic heterocycles. The molecule has 0 spiro atoms. The summed E-state index contributed by atoms with van der Waals surface area (Å²) in [6, 6.07) is 1.24. The van der Waals surface area contributed by atoms with Crippen molar-refractivity contribution in [2.75, 3.05) is 25.6 Å². The van der Waals surface area contributed by atoms with Crippen LogP contribution in [0.4, 0.5) is 5.82 Å². The van der Waals surface area contributed by atoms with Crippen LogP contribution in [0.25, 0.3) is 0 Å². The molecule has 8 atom stereocenters. The molecule has 2 heterocycles. The zero-order chi connectivity index (χ0) is 55.7. The fraction of sp³-hybridized carbons (Fsp3) is 0.636. The summed E-state index contributed by atoms with van der Waals surface area (Å²) in [4.78, 5) is 62.0. The second-order valence-corrected chi connectivity index (χ2v) is 21.6. The van der Waals surface area contributed by atoms with E-state index in [1.807, 2.05) is 30.4 Å². The van der Waals surface area contributed by atoms with E-state index in [0.717, 1.165) is 81.4 Å². The quantitative estimate of drug-likeness (QED) is 0.0116. The summed E-state index contributed by atoms with van der Waals surface area (Å²) < 4.78 is 56.8. The van der Waals surface area contributed by atoms with Crippen LogP contribution >= 0.6 is 15.6 Å². The van der Waals surface area contributed by atoms with Crippen LogP contribution in [0.15, 0.2) is 102 Å². The number of carbonyl (C=O) groups is 2. The molecule has 19 nitrogen and oxygen atoms in total. The van der Waals surface area contributed by atoms with Crippen molar-refractivity contribution in [3.05, 3.63) is 108 Å². The van der Waals surface area contributed by atoms with Gasteiger partial charge in [-0.25, -0.2) is 13.9 Å². The first-order chi connectivity index (χ1) is 36.6. The minimum Gasteiger partial charge on any atom is -0.462 e. The highest BCUT2D eigenvalue weighted by Crippen LogP contribution is 2.60. The van der Waals surface area contributed by atoms with Crippen LogP contribution in [0.1, 0.15) is 174 Å². The second-order valence-electron chi connectivity index (χ2n) is 18.6. The van der Waals surface area contributed by atoms with Gasteiger partial charge in [-0.2, -0.15) is 9.29 Å². The molecule has 2 unspecified atom stereocenters. The molecule has 430 valence electrons. The van der Waals surface area contributed by atoms with Crippen LogP contribution < -0.4 is 11.4 Å². The number of nitrogen functional groups attached to an aromatic ring is 1. The lowest BCUT2D eigenvalue weighted by atomic mass is 10.1. The normalized spacial score (nSPS) is 19.8. The smallest absolute Gasteiger partial charge is 0.462 e. The van der Waals surface area contributed by atoms with Crippen molar-refractivity contribution in [3.8, 4) is 0 Å². The summed E-state index contributed by atoms with van der Waals surface area (Å²) >= 11 is 0. The summed E-state index contributed by atoms with van der Waals surface area (Å²) in [5.41, 5.74) is 4.58. The molecule has 0 saturated carbocycles. The molecule has 0 aromatic carbocycles. The molecular formula is C55H89N3O16P2. The van der Waals surface area contributed by atoms with Gasteiger partial charge in [-0.1, -0.05) is 157 Å². The minimum atomic E-state index is -5.46. The Hall–Kier alpha value is -4.10. The Morgan fingerprint density at radius 1 is 0.697 bits per heavy atom. The summed E-state index contributed by atoms with van der Waals surface area (Å²) in [5, 5.41) is 31.0. The van der Waals surface area contributed by atoms with E-state index in [0.29, 0.717) is 32.1 Å². The molecule has 0 radical (unpaired) electrons. The summed E-state index contributed by atoms with van der Waals surface area (Å²) in [7, 11) is -10.9. The number of anilines is 1. The van der Waals surface area contributed by atoms with Crippen LogP contribution in [-0.4, -0.2) is 96.9 Å². The number of rotatable bonds is 44. The lowest BCUT2D eigenvalue weighted by Crippen LogP contribution is -2.36. The number of allylic oxidation sites excluding steroid dienone is 12. The largest absolute Gasteiger partial charge is 0.481 e. The highest BCUT2D eigenvalue weighted by molar-refractivity contribution is 7.61. The Bertz CT molecular complexity index is 2120. The van der Waals surface area contributed by atoms with E-state index >= 15 is 0 Å². The lowest BCUT2D eigenvalue weighted by molar-refractivity contribution is -0.161. The number of unbranched alkanes of at least 4 members (excludes halogenated alkanes) is 14. The van der Waals surface area contributed by atoms with Gasteiger partial charge in [0.25, 0.3) is 0 Å². The number of aliphatic hydroxyl groups excluding tert-OH is 3. The number of hydrogen-bond donors (Lipinski definition) is 6. The fourth-order valence-corrected chi connectivity index (χ4v) is 9.62. The van der Waals surface area contributed by atoms with Gasteiger partial charge in [-0.05, 0) is 89.5 Å². The molecule has 0 aliphatic carbocycles. The van der Waals surface area contributed by atoms with Crippen molar-refractivity contribution >= 4 is 33.4 Å². The Morgan fingerprint density at radius 3 is 1.89 bits per heavy atom.